The van der Waals surface area contributed by atoms with Gasteiger partial charge < -0.3 is 14.0 Å². The van der Waals surface area contributed by atoms with Crippen molar-refractivity contribution in [2.24, 2.45) is 7.05 Å². The maximum atomic E-state index is 12.7. The molecule has 0 aromatic carbocycles. The zero-order chi connectivity index (χ0) is 21.0. The smallest absolute Gasteiger partial charge is 0.410 e. The Balaban J connectivity index is 1.42. The molecule has 30 heavy (non-hydrogen) atoms. The van der Waals surface area contributed by atoms with Crippen LogP contribution in [0.5, 0.6) is 5.88 Å². The first-order chi connectivity index (χ1) is 14.3. The number of hydrogen-bond donors (Lipinski definition) is 0. The van der Waals surface area contributed by atoms with Crippen molar-refractivity contribution in [2.45, 2.75) is 63.8 Å². The molecule has 5 rings (SSSR count). The maximum Gasteiger partial charge on any atom is 0.410 e. The van der Waals surface area contributed by atoms with Gasteiger partial charge in [-0.3, -0.25) is 4.90 Å². The van der Waals surface area contributed by atoms with Crippen molar-refractivity contribution in [1.29, 1.82) is 0 Å². The Morgan fingerprint density at radius 2 is 2.03 bits per heavy atom. The molecule has 8 heteroatoms. The van der Waals surface area contributed by atoms with Crippen molar-refractivity contribution in [1.82, 2.24) is 24.1 Å². The Hall–Kier alpha value is -3.03. The molecule has 3 aromatic rings. The monoisotopic (exact) mass is 409 g/mol. The molecule has 8 nitrogen and oxygen atoms in total. The highest BCUT2D eigenvalue weighted by Crippen LogP contribution is 2.41. The fraction of sp³-hybridized carbons (Fsp3) is 0.500. The Labute approximate surface area is 175 Å². The molecule has 0 aliphatic carbocycles. The average molecular weight is 409 g/mol. The van der Waals surface area contributed by atoms with E-state index in [4.69, 9.17) is 14.5 Å². The molecule has 5 heterocycles. The molecule has 2 aliphatic rings. The normalized spacial score (nSPS) is 23.3. The predicted octanol–water partition coefficient (Wildman–Crippen LogP) is 3.65. The molecule has 2 bridgehead atoms. The number of carbonyl (C=O) groups is 1. The molecule has 1 amide bonds. The first-order valence-corrected chi connectivity index (χ1v) is 10.4. The van der Waals surface area contributed by atoms with E-state index < -0.39 is 5.60 Å². The topological polar surface area (TPSA) is 73.9 Å². The van der Waals surface area contributed by atoms with E-state index in [0.717, 1.165) is 36.0 Å². The Bertz CT molecular complexity index is 1100. The molecule has 2 fully saturated rings. The standard InChI is InChI=1S/C22H27N5O3/c1-22(2,3)30-21(28)27-15-5-6-17(27)19(11-15)29-20-18-7-9-23-26(18)13-16(24-20)14-8-10-25(4)12-14/h7-10,12-13,15,17,19H,5-6,11H2,1-4H3/t15?,17?,19-/m1/s1. The lowest BCUT2D eigenvalue weighted by molar-refractivity contribution is 0.0181. The Morgan fingerprint density at radius 3 is 2.77 bits per heavy atom. The highest BCUT2D eigenvalue weighted by Gasteiger charge is 2.51. The zero-order valence-electron chi connectivity index (χ0n) is 17.8. The summed E-state index contributed by atoms with van der Waals surface area (Å²) in [5.74, 6) is 0.551. The molecule has 0 spiro atoms. The van der Waals surface area contributed by atoms with Crippen molar-refractivity contribution in [3.8, 4) is 17.1 Å². The maximum absolute atomic E-state index is 12.7. The van der Waals surface area contributed by atoms with Crippen LogP contribution < -0.4 is 4.74 Å². The SMILES string of the molecule is Cn1ccc(-c2cn3nccc3c(O[C@@H]3CC4CCC3N4C(=O)OC(C)(C)C)n2)c1. The fourth-order valence-corrected chi connectivity index (χ4v) is 4.58. The minimum absolute atomic E-state index is 0.00926. The van der Waals surface area contributed by atoms with E-state index in [1.54, 1.807) is 10.7 Å². The summed E-state index contributed by atoms with van der Waals surface area (Å²) in [4.78, 5) is 19.4. The Kier molecular flexibility index (Phi) is 4.27. The van der Waals surface area contributed by atoms with Crippen LogP contribution in [0.4, 0.5) is 4.79 Å². The van der Waals surface area contributed by atoms with Crippen molar-refractivity contribution in [3.05, 3.63) is 36.9 Å². The van der Waals surface area contributed by atoms with Crippen molar-refractivity contribution in [3.63, 3.8) is 0 Å². The molecule has 3 atom stereocenters. The molecular formula is C22H27N5O3. The number of aromatic nitrogens is 4. The molecule has 0 saturated carbocycles. The van der Waals surface area contributed by atoms with E-state index in [-0.39, 0.29) is 24.3 Å². The van der Waals surface area contributed by atoms with Crippen LogP contribution in [-0.2, 0) is 11.8 Å². The van der Waals surface area contributed by atoms with E-state index in [1.807, 2.05) is 68.0 Å². The van der Waals surface area contributed by atoms with Gasteiger partial charge in [-0.25, -0.2) is 14.3 Å². The third kappa shape index (κ3) is 3.30. The molecule has 158 valence electrons. The summed E-state index contributed by atoms with van der Waals surface area (Å²) >= 11 is 0. The summed E-state index contributed by atoms with van der Waals surface area (Å²) in [6.07, 6.45) is 10.0. The zero-order valence-corrected chi connectivity index (χ0v) is 17.8. The first-order valence-electron chi connectivity index (χ1n) is 10.4. The van der Waals surface area contributed by atoms with Crippen molar-refractivity contribution in [2.75, 3.05) is 0 Å². The van der Waals surface area contributed by atoms with Gasteiger partial charge in [0.05, 0.1) is 24.1 Å². The minimum Gasteiger partial charge on any atom is -0.471 e. The largest absolute Gasteiger partial charge is 0.471 e. The van der Waals surface area contributed by atoms with Crippen LogP contribution in [0.3, 0.4) is 0 Å². The first kappa shape index (κ1) is 19.0. The summed E-state index contributed by atoms with van der Waals surface area (Å²) in [7, 11) is 1.98. The van der Waals surface area contributed by atoms with Crippen LogP contribution in [0, 0.1) is 0 Å². The number of nitrogens with zero attached hydrogens (tertiary/aromatic N) is 5. The van der Waals surface area contributed by atoms with Gasteiger partial charge >= 0.3 is 6.09 Å². The van der Waals surface area contributed by atoms with E-state index >= 15 is 0 Å². The van der Waals surface area contributed by atoms with Crippen molar-refractivity contribution < 1.29 is 14.3 Å². The molecular weight excluding hydrogens is 382 g/mol. The second-order valence-corrected chi connectivity index (χ2v) is 9.24. The highest BCUT2D eigenvalue weighted by molar-refractivity contribution is 5.70. The highest BCUT2D eigenvalue weighted by atomic mass is 16.6. The summed E-state index contributed by atoms with van der Waals surface area (Å²) in [5.41, 5.74) is 2.11. The van der Waals surface area contributed by atoms with Gasteiger partial charge in [-0.05, 0) is 45.7 Å². The number of aryl methyl sites for hydroxylation is 1. The third-order valence-electron chi connectivity index (χ3n) is 5.83. The van der Waals surface area contributed by atoms with E-state index in [2.05, 4.69) is 5.10 Å². The fourth-order valence-electron chi connectivity index (χ4n) is 4.58. The van der Waals surface area contributed by atoms with Crippen LogP contribution in [0.25, 0.3) is 16.8 Å². The van der Waals surface area contributed by atoms with Crippen LogP contribution >= 0.6 is 0 Å². The van der Waals surface area contributed by atoms with Crippen LogP contribution in [0.15, 0.2) is 36.9 Å². The number of rotatable bonds is 3. The Morgan fingerprint density at radius 1 is 1.20 bits per heavy atom. The molecule has 0 radical (unpaired) electrons. The lowest BCUT2D eigenvalue weighted by Gasteiger charge is -2.28. The number of hydrogen-bond acceptors (Lipinski definition) is 5. The van der Waals surface area contributed by atoms with Gasteiger partial charge in [0, 0.05) is 37.5 Å². The lowest BCUT2D eigenvalue weighted by Crippen LogP contribution is -2.42. The molecule has 3 aromatic heterocycles. The van der Waals surface area contributed by atoms with Gasteiger partial charge in [-0.1, -0.05) is 0 Å². The predicted molar refractivity (Wildman–Crippen MR) is 111 cm³/mol. The van der Waals surface area contributed by atoms with Crippen LogP contribution in [-0.4, -0.2) is 53.9 Å². The van der Waals surface area contributed by atoms with Gasteiger partial charge in [0.2, 0.25) is 5.88 Å². The molecule has 0 N–H and O–H groups in total. The average Bonchev–Trinajstić information content (AvgIpc) is 3.42. The minimum atomic E-state index is -0.509. The second kappa shape index (κ2) is 6.75. The molecule has 2 aliphatic heterocycles. The van der Waals surface area contributed by atoms with Gasteiger partial charge in [-0.2, -0.15) is 5.10 Å². The summed E-state index contributed by atoms with van der Waals surface area (Å²) < 4.78 is 15.9. The third-order valence-corrected chi connectivity index (χ3v) is 5.83. The van der Waals surface area contributed by atoms with Gasteiger partial charge in [0.15, 0.2) is 0 Å². The lowest BCUT2D eigenvalue weighted by atomic mass is 9.98. The molecule has 2 saturated heterocycles. The van der Waals surface area contributed by atoms with E-state index in [9.17, 15) is 4.79 Å². The van der Waals surface area contributed by atoms with Crippen molar-refractivity contribution >= 4 is 11.6 Å². The van der Waals surface area contributed by atoms with E-state index in [1.165, 1.54) is 0 Å². The number of carbonyl (C=O) groups excluding carboxylic acids is 1. The molecule has 2 unspecified atom stereocenters. The quantitative estimate of drug-likeness (QED) is 0.660. The van der Waals surface area contributed by atoms with Crippen LogP contribution in [0.2, 0.25) is 0 Å². The van der Waals surface area contributed by atoms with Gasteiger partial charge in [0.1, 0.15) is 17.2 Å². The number of fused-ring (bicyclic) bond motifs is 3. The van der Waals surface area contributed by atoms with Gasteiger partial charge in [0.25, 0.3) is 0 Å². The second-order valence-electron chi connectivity index (χ2n) is 9.24. The van der Waals surface area contributed by atoms with Gasteiger partial charge in [-0.15, -0.1) is 0 Å². The number of amides is 1. The van der Waals surface area contributed by atoms with E-state index in [0.29, 0.717) is 5.88 Å². The number of ether oxygens (including phenoxy) is 2. The summed E-state index contributed by atoms with van der Waals surface area (Å²) in [6.45, 7) is 5.69. The van der Waals surface area contributed by atoms with Crippen LogP contribution in [0.1, 0.15) is 40.0 Å². The summed E-state index contributed by atoms with van der Waals surface area (Å²) in [5, 5.41) is 4.38. The summed E-state index contributed by atoms with van der Waals surface area (Å²) in [6, 6.07) is 4.09.